The lowest BCUT2D eigenvalue weighted by atomic mass is 10.0. The number of nitrogens with zero attached hydrogens (tertiary/aromatic N) is 2. The zero-order valence-electron chi connectivity index (χ0n) is 19.4. The number of amides is 2. The molecule has 4 aromatic carbocycles. The monoisotopic (exact) mass is 491 g/mol. The Kier molecular flexibility index (Phi) is 6.41. The molecule has 0 saturated carbocycles. The highest BCUT2D eigenvalue weighted by atomic mass is 16.3. The van der Waals surface area contributed by atoms with Crippen LogP contribution >= 0.6 is 0 Å². The highest BCUT2D eigenvalue weighted by Gasteiger charge is 2.27. The largest absolute Gasteiger partial charge is 0.507 e. The molecule has 0 aliphatic rings. The number of carbonyl (C=O) groups is 2. The maximum Gasteiger partial charge on any atom is 0.272 e. The highest BCUT2D eigenvalue weighted by molar-refractivity contribution is 6.03. The Morgan fingerprint density at radius 2 is 1.54 bits per heavy atom. The van der Waals surface area contributed by atoms with Gasteiger partial charge in [-0.05, 0) is 35.0 Å². The smallest absolute Gasteiger partial charge is 0.272 e. The van der Waals surface area contributed by atoms with Crippen LogP contribution in [-0.4, -0.2) is 33.3 Å². The number of aromatic amines is 1. The van der Waals surface area contributed by atoms with Crippen molar-refractivity contribution in [2.45, 2.75) is 6.04 Å². The lowest BCUT2D eigenvalue weighted by Gasteiger charge is -2.18. The summed E-state index contributed by atoms with van der Waals surface area (Å²) in [6.45, 7) is 0. The first-order valence-electron chi connectivity index (χ1n) is 11.4. The second-order valence-electron chi connectivity index (χ2n) is 8.21. The minimum atomic E-state index is -1.28. The van der Waals surface area contributed by atoms with Crippen LogP contribution in [0.15, 0.2) is 101 Å². The van der Waals surface area contributed by atoms with Gasteiger partial charge in [-0.3, -0.25) is 14.4 Å². The van der Waals surface area contributed by atoms with Gasteiger partial charge in [0.05, 0.1) is 11.6 Å². The van der Waals surface area contributed by atoms with Crippen molar-refractivity contribution in [3.8, 4) is 5.75 Å². The van der Waals surface area contributed by atoms with Gasteiger partial charge in [-0.25, -0.2) is 10.5 Å². The lowest BCUT2D eigenvalue weighted by Crippen LogP contribution is -2.40. The molecule has 1 unspecified atom stereocenters. The molecule has 9 heteroatoms. The van der Waals surface area contributed by atoms with E-state index >= 15 is 0 Å². The summed E-state index contributed by atoms with van der Waals surface area (Å²) in [4.78, 5) is 38.6. The first-order valence-corrected chi connectivity index (χ1v) is 11.4. The van der Waals surface area contributed by atoms with Gasteiger partial charge in [-0.15, -0.1) is 0 Å². The van der Waals surface area contributed by atoms with Gasteiger partial charge < -0.3 is 10.4 Å². The molecule has 0 aliphatic carbocycles. The number of hydrogen-bond donors (Lipinski definition) is 4. The van der Waals surface area contributed by atoms with Crippen molar-refractivity contribution < 1.29 is 14.7 Å². The van der Waals surface area contributed by atoms with E-state index < -0.39 is 23.4 Å². The molecule has 1 aromatic heterocycles. The number of hydrazone groups is 1. The Balaban J connectivity index is 1.49. The molecule has 5 aromatic rings. The predicted molar refractivity (Wildman–Crippen MR) is 140 cm³/mol. The van der Waals surface area contributed by atoms with Crippen LogP contribution < -0.4 is 16.3 Å². The minimum absolute atomic E-state index is 0.000996. The predicted octanol–water partition coefficient (Wildman–Crippen LogP) is 3.40. The van der Waals surface area contributed by atoms with Crippen LogP contribution in [0.3, 0.4) is 0 Å². The van der Waals surface area contributed by atoms with Crippen molar-refractivity contribution in [1.82, 2.24) is 20.9 Å². The van der Waals surface area contributed by atoms with E-state index in [-0.39, 0.29) is 11.4 Å². The first-order chi connectivity index (χ1) is 18.0. The molecule has 182 valence electrons. The van der Waals surface area contributed by atoms with E-state index in [1.165, 1.54) is 6.21 Å². The van der Waals surface area contributed by atoms with Crippen LogP contribution in [0.2, 0.25) is 0 Å². The van der Waals surface area contributed by atoms with Crippen molar-refractivity contribution in [3.63, 3.8) is 0 Å². The van der Waals surface area contributed by atoms with Gasteiger partial charge in [0.15, 0.2) is 6.04 Å². The molecular weight excluding hydrogens is 470 g/mol. The fraction of sp³-hybridized carbons (Fsp3) is 0.0357. The average molecular weight is 492 g/mol. The number of phenols is 1. The van der Waals surface area contributed by atoms with Crippen molar-refractivity contribution in [1.29, 1.82) is 0 Å². The van der Waals surface area contributed by atoms with Gasteiger partial charge >= 0.3 is 0 Å². The van der Waals surface area contributed by atoms with E-state index in [4.69, 9.17) is 0 Å². The van der Waals surface area contributed by atoms with E-state index in [9.17, 15) is 19.5 Å². The Labute approximate surface area is 210 Å². The molecule has 0 spiro atoms. The maximum absolute atomic E-state index is 13.3. The molecule has 0 saturated heterocycles. The van der Waals surface area contributed by atoms with Crippen LogP contribution in [0.1, 0.15) is 27.7 Å². The summed E-state index contributed by atoms with van der Waals surface area (Å²) in [7, 11) is 0. The van der Waals surface area contributed by atoms with Gasteiger partial charge in [0, 0.05) is 16.5 Å². The van der Waals surface area contributed by atoms with Crippen molar-refractivity contribution in [2.24, 2.45) is 5.10 Å². The third-order valence-corrected chi connectivity index (χ3v) is 5.89. The van der Waals surface area contributed by atoms with E-state index in [1.807, 2.05) is 24.3 Å². The molecule has 0 aliphatic heterocycles. The number of nitrogens with one attached hydrogen (secondary N) is 3. The number of carbonyl (C=O) groups excluding carboxylic acids is 2. The second kappa shape index (κ2) is 10.1. The topological polar surface area (TPSA) is 137 Å². The summed E-state index contributed by atoms with van der Waals surface area (Å²) < 4.78 is 0. The fourth-order valence-corrected chi connectivity index (χ4v) is 4.06. The third-order valence-electron chi connectivity index (χ3n) is 5.89. The summed E-state index contributed by atoms with van der Waals surface area (Å²) in [5.41, 5.74) is 2.94. The minimum Gasteiger partial charge on any atom is -0.507 e. The summed E-state index contributed by atoms with van der Waals surface area (Å²) >= 11 is 0. The molecule has 4 N–H and O–H groups in total. The zero-order chi connectivity index (χ0) is 25.8. The normalized spacial score (nSPS) is 12.0. The average Bonchev–Trinajstić information content (AvgIpc) is 2.94. The van der Waals surface area contributed by atoms with Gasteiger partial charge in [0.1, 0.15) is 11.4 Å². The van der Waals surface area contributed by atoms with Crippen LogP contribution in [0.25, 0.3) is 21.5 Å². The van der Waals surface area contributed by atoms with Crippen molar-refractivity contribution in [3.05, 3.63) is 118 Å². The second-order valence-corrected chi connectivity index (χ2v) is 8.21. The number of hydrogen-bond acceptors (Lipinski definition) is 6. The molecule has 0 radical (unpaired) electrons. The summed E-state index contributed by atoms with van der Waals surface area (Å²) in [6.07, 6.45) is 1.34. The lowest BCUT2D eigenvalue weighted by molar-refractivity contribution is -0.123. The van der Waals surface area contributed by atoms with Gasteiger partial charge in [-0.1, -0.05) is 66.7 Å². The standard InChI is InChI=1S/C28H21N5O4/c34-23-15-14-17-8-4-5-11-19(17)22(23)16-29-32-28(37)25(30-26(35)18-9-2-1-3-10-18)24-20-12-6-7-13-21(20)27(36)33-31-24/h1-16,25,34H,(H,30,35)(H,32,37)(H,33,36)/b29-16+. The van der Waals surface area contributed by atoms with Gasteiger partial charge in [0.25, 0.3) is 17.4 Å². The van der Waals surface area contributed by atoms with E-state index in [1.54, 1.807) is 66.7 Å². The molecule has 1 heterocycles. The number of aromatic nitrogens is 2. The molecule has 9 nitrogen and oxygen atoms in total. The number of fused-ring (bicyclic) bond motifs is 2. The quantitative estimate of drug-likeness (QED) is 0.213. The first kappa shape index (κ1) is 23.4. The number of H-pyrrole nitrogens is 1. The van der Waals surface area contributed by atoms with E-state index in [0.29, 0.717) is 21.9 Å². The molecule has 2 amide bonds. The van der Waals surface area contributed by atoms with Crippen molar-refractivity contribution >= 4 is 39.6 Å². The molecule has 1 atom stereocenters. The highest BCUT2D eigenvalue weighted by Crippen LogP contribution is 2.25. The Morgan fingerprint density at radius 1 is 0.865 bits per heavy atom. The van der Waals surface area contributed by atoms with Gasteiger partial charge in [0.2, 0.25) is 0 Å². The summed E-state index contributed by atoms with van der Waals surface area (Å²) in [5.74, 6) is -1.20. The Hall–Kier alpha value is -5.31. The number of rotatable bonds is 6. The van der Waals surface area contributed by atoms with Crippen molar-refractivity contribution in [2.75, 3.05) is 0 Å². The maximum atomic E-state index is 13.3. The molecule has 0 fully saturated rings. The molecular formula is C28H21N5O4. The molecule has 37 heavy (non-hydrogen) atoms. The SMILES string of the molecule is O=C(NC(C(=O)N/N=C/c1c(O)ccc2ccccc12)c1n[nH]c(=O)c2ccccc12)c1ccccc1. The molecule has 5 rings (SSSR count). The molecule has 0 bridgehead atoms. The Bertz CT molecular complexity index is 1710. The van der Waals surface area contributed by atoms with Gasteiger partial charge in [-0.2, -0.15) is 10.2 Å². The third kappa shape index (κ3) is 4.78. The number of phenolic OH excluding ortho intramolecular Hbond substituents is 1. The van der Waals surface area contributed by atoms with Crippen LogP contribution in [-0.2, 0) is 4.79 Å². The zero-order valence-corrected chi connectivity index (χ0v) is 19.4. The fourth-order valence-electron chi connectivity index (χ4n) is 4.06. The number of aromatic hydroxyl groups is 1. The van der Waals surface area contributed by atoms with E-state index in [2.05, 4.69) is 26.0 Å². The number of benzene rings is 4. The van der Waals surface area contributed by atoms with Crippen LogP contribution in [0.5, 0.6) is 5.75 Å². The van der Waals surface area contributed by atoms with Crippen LogP contribution in [0, 0.1) is 0 Å². The Morgan fingerprint density at radius 3 is 2.32 bits per heavy atom. The van der Waals surface area contributed by atoms with Crippen LogP contribution in [0.4, 0.5) is 0 Å². The summed E-state index contributed by atoms with van der Waals surface area (Å²) in [6, 6.07) is 24.6. The van der Waals surface area contributed by atoms with E-state index in [0.717, 1.165) is 10.8 Å². The summed E-state index contributed by atoms with van der Waals surface area (Å²) in [5, 5.41) is 25.9.